The third-order valence-electron chi connectivity index (χ3n) is 3.62. The minimum atomic E-state index is -0.0343. The molecule has 1 fully saturated rings. The lowest BCUT2D eigenvalue weighted by molar-refractivity contribution is 0.0652. The Morgan fingerprint density at radius 3 is 2.81 bits per heavy atom. The summed E-state index contributed by atoms with van der Waals surface area (Å²) >= 11 is 1.42. The van der Waals surface area contributed by atoms with Gasteiger partial charge in [-0.15, -0.1) is 11.3 Å². The second-order valence-corrected chi connectivity index (χ2v) is 6.80. The van der Waals surface area contributed by atoms with Crippen LogP contribution in [0.4, 0.5) is 0 Å². The summed E-state index contributed by atoms with van der Waals surface area (Å²) in [5.41, 5.74) is 1.89. The molecule has 2 aromatic rings. The van der Waals surface area contributed by atoms with Gasteiger partial charge in [-0.3, -0.25) is 4.79 Å². The Hall–Kier alpha value is -1.72. The van der Waals surface area contributed by atoms with Gasteiger partial charge in [-0.25, -0.2) is 4.98 Å². The van der Waals surface area contributed by atoms with E-state index in [1.54, 1.807) is 0 Å². The minimum absolute atomic E-state index is 0.0343. The highest BCUT2D eigenvalue weighted by Gasteiger charge is 2.30. The van der Waals surface area contributed by atoms with Crippen LogP contribution in [0.25, 0.3) is 11.3 Å². The molecule has 1 amide bonds. The zero-order chi connectivity index (χ0) is 14.9. The Labute approximate surface area is 128 Å². The van der Waals surface area contributed by atoms with Crippen LogP contribution in [-0.4, -0.2) is 41.0 Å². The number of hydrogen-bond donors (Lipinski definition) is 1. The number of nitrogens with one attached hydrogen (secondary N) is 1. The van der Waals surface area contributed by atoms with Crippen LogP contribution in [0.3, 0.4) is 0 Å². The molecule has 0 spiro atoms. The SMILES string of the molecule is CC1(C)CN(C(=O)c2nc(-c3ccccc3)cs2)CCN1. The van der Waals surface area contributed by atoms with Crippen molar-refractivity contribution in [2.45, 2.75) is 19.4 Å². The van der Waals surface area contributed by atoms with Gasteiger partial charge >= 0.3 is 0 Å². The molecular formula is C16H19N3OS. The summed E-state index contributed by atoms with van der Waals surface area (Å²) in [5.74, 6) is 0.0387. The summed E-state index contributed by atoms with van der Waals surface area (Å²) in [6, 6.07) is 9.96. The highest BCUT2D eigenvalue weighted by atomic mass is 32.1. The first kappa shape index (κ1) is 14.2. The summed E-state index contributed by atoms with van der Waals surface area (Å²) in [4.78, 5) is 19.0. The van der Waals surface area contributed by atoms with E-state index in [0.717, 1.165) is 24.3 Å². The molecular weight excluding hydrogens is 282 g/mol. The van der Waals surface area contributed by atoms with Crippen LogP contribution in [0.15, 0.2) is 35.7 Å². The fourth-order valence-electron chi connectivity index (χ4n) is 2.56. The van der Waals surface area contributed by atoms with Crippen molar-refractivity contribution < 1.29 is 4.79 Å². The number of hydrogen-bond acceptors (Lipinski definition) is 4. The predicted molar refractivity (Wildman–Crippen MR) is 85.5 cm³/mol. The largest absolute Gasteiger partial charge is 0.333 e. The third-order valence-corrected chi connectivity index (χ3v) is 4.45. The zero-order valence-electron chi connectivity index (χ0n) is 12.3. The number of carbonyl (C=O) groups is 1. The van der Waals surface area contributed by atoms with E-state index < -0.39 is 0 Å². The van der Waals surface area contributed by atoms with Gasteiger partial charge in [-0.05, 0) is 13.8 Å². The normalized spacial score (nSPS) is 17.7. The zero-order valence-corrected chi connectivity index (χ0v) is 13.1. The van der Waals surface area contributed by atoms with Crippen molar-refractivity contribution in [1.82, 2.24) is 15.2 Å². The molecule has 21 heavy (non-hydrogen) atoms. The van der Waals surface area contributed by atoms with E-state index in [2.05, 4.69) is 24.1 Å². The molecule has 0 radical (unpaired) electrons. The van der Waals surface area contributed by atoms with Crippen LogP contribution in [0.5, 0.6) is 0 Å². The van der Waals surface area contributed by atoms with Crippen molar-refractivity contribution >= 4 is 17.2 Å². The van der Waals surface area contributed by atoms with Gasteiger partial charge in [0, 0.05) is 36.1 Å². The van der Waals surface area contributed by atoms with Crippen LogP contribution in [0.1, 0.15) is 23.6 Å². The first-order chi connectivity index (χ1) is 10.1. The van der Waals surface area contributed by atoms with Gasteiger partial charge in [0.25, 0.3) is 5.91 Å². The van der Waals surface area contributed by atoms with Crippen LogP contribution >= 0.6 is 11.3 Å². The summed E-state index contributed by atoms with van der Waals surface area (Å²) in [7, 11) is 0. The van der Waals surface area contributed by atoms with Gasteiger partial charge in [-0.2, -0.15) is 0 Å². The second-order valence-electron chi connectivity index (χ2n) is 5.94. The van der Waals surface area contributed by atoms with Crippen molar-refractivity contribution in [2.24, 2.45) is 0 Å². The third kappa shape index (κ3) is 3.14. The second kappa shape index (κ2) is 5.58. The van der Waals surface area contributed by atoms with E-state index in [1.165, 1.54) is 11.3 Å². The number of piperazine rings is 1. The van der Waals surface area contributed by atoms with Crippen LogP contribution < -0.4 is 5.32 Å². The fourth-order valence-corrected chi connectivity index (χ4v) is 3.36. The molecule has 0 saturated carbocycles. The number of rotatable bonds is 2. The Bertz CT molecular complexity index is 636. The molecule has 5 heteroatoms. The van der Waals surface area contributed by atoms with E-state index >= 15 is 0 Å². The number of thiazole rings is 1. The van der Waals surface area contributed by atoms with Crippen LogP contribution in [-0.2, 0) is 0 Å². The molecule has 3 rings (SSSR count). The Balaban J connectivity index is 1.78. The van der Waals surface area contributed by atoms with Crippen LogP contribution in [0, 0.1) is 0 Å². The molecule has 1 aromatic carbocycles. The number of benzene rings is 1. The minimum Gasteiger partial charge on any atom is -0.333 e. The highest BCUT2D eigenvalue weighted by Crippen LogP contribution is 2.23. The average molecular weight is 301 g/mol. The molecule has 0 unspecified atom stereocenters. The van der Waals surface area contributed by atoms with Gasteiger partial charge in [0.15, 0.2) is 5.01 Å². The predicted octanol–water partition coefficient (Wildman–Crippen LogP) is 2.63. The standard InChI is InChI=1S/C16H19N3OS/c1-16(2)11-19(9-8-17-16)15(20)14-18-13(10-21-14)12-6-4-3-5-7-12/h3-7,10,17H,8-9,11H2,1-2H3. The van der Waals surface area contributed by atoms with Crippen molar-refractivity contribution in [3.8, 4) is 11.3 Å². The van der Waals surface area contributed by atoms with E-state index in [4.69, 9.17) is 0 Å². The maximum Gasteiger partial charge on any atom is 0.282 e. The van der Waals surface area contributed by atoms with Crippen LogP contribution in [0.2, 0.25) is 0 Å². The van der Waals surface area contributed by atoms with E-state index in [1.807, 2.05) is 40.6 Å². The first-order valence-electron chi connectivity index (χ1n) is 7.10. The topological polar surface area (TPSA) is 45.2 Å². The summed E-state index contributed by atoms with van der Waals surface area (Å²) < 4.78 is 0. The maximum absolute atomic E-state index is 12.6. The molecule has 2 heterocycles. The van der Waals surface area contributed by atoms with Crippen molar-refractivity contribution in [1.29, 1.82) is 0 Å². The fraction of sp³-hybridized carbons (Fsp3) is 0.375. The Kier molecular flexibility index (Phi) is 3.78. The molecule has 1 saturated heterocycles. The van der Waals surface area contributed by atoms with Gasteiger partial charge in [0.05, 0.1) is 5.69 Å². The number of nitrogens with zero attached hydrogens (tertiary/aromatic N) is 2. The lowest BCUT2D eigenvalue weighted by atomic mass is 10.0. The summed E-state index contributed by atoms with van der Waals surface area (Å²) in [6.07, 6.45) is 0. The Morgan fingerprint density at radius 1 is 1.33 bits per heavy atom. The van der Waals surface area contributed by atoms with Gasteiger partial charge in [-0.1, -0.05) is 30.3 Å². The van der Waals surface area contributed by atoms with Crippen molar-refractivity contribution in [3.05, 3.63) is 40.7 Å². The lowest BCUT2D eigenvalue weighted by Crippen LogP contribution is -2.58. The van der Waals surface area contributed by atoms with E-state index in [0.29, 0.717) is 11.6 Å². The molecule has 1 aromatic heterocycles. The first-order valence-corrected chi connectivity index (χ1v) is 7.98. The molecule has 0 bridgehead atoms. The molecule has 0 aliphatic carbocycles. The number of amides is 1. The molecule has 0 atom stereocenters. The quantitative estimate of drug-likeness (QED) is 0.927. The van der Waals surface area contributed by atoms with Gasteiger partial charge < -0.3 is 10.2 Å². The Morgan fingerprint density at radius 2 is 2.10 bits per heavy atom. The van der Waals surface area contributed by atoms with Gasteiger partial charge in [0.1, 0.15) is 0 Å². The maximum atomic E-state index is 12.6. The molecule has 110 valence electrons. The molecule has 1 aliphatic rings. The van der Waals surface area contributed by atoms with Gasteiger partial charge in [0.2, 0.25) is 0 Å². The van der Waals surface area contributed by atoms with E-state index in [9.17, 15) is 4.79 Å². The molecule has 1 aliphatic heterocycles. The van der Waals surface area contributed by atoms with Crippen molar-refractivity contribution in [2.75, 3.05) is 19.6 Å². The monoisotopic (exact) mass is 301 g/mol. The number of carbonyl (C=O) groups excluding carboxylic acids is 1. The van der Waals surface area contributed by atoms with Crippen molar-refractivity contribution in [3.63, 3.8) is 0 Å². The number of aromatic nitrogens is 1. The van der Waals surface area contributed by atoms with E-state index in [-0.39, 0.29) is 11.4 Å². The summed E-state index contributed by atoms with van der Waals surface area (Å²) in [6.45, 7) is 6.51. The highest BCUT2D eigenvalue weighted by molar-refractivity contribution is 7.12. The lowest BCUT2D eigenvalue weighted by Gasteiger charge is -2.38. The smallest absolute Gasteiger partial charge is 0.282 e. The average Bonchev–Trinajstić information content (AvgIpc) is 2.96. The summed E-state index contributed by atoms with van der Waals surface area (Å²) in [5, 5.41) is 5.94. The molecule has 1 N–H and O–H groups in total. The molecule has 4 nitrogen and oxygen atoms in total.